The van der Waals surface area contributed by atoms with Gasteiger partial charge in [-0.2, -0.15) is 0 Å². The normalized spacial score (nSPS) is 10.9. The number of anilines is 1. The van der Waals surface area contributed by atoms with E-state index in [9.17, 15) is 0 Å². The number of hydrogen-bond donors (Lipinski definition) is 1. The minimum atomic E-state index is 0.978. The number of para-hydroxylation sites is 1. The highest BCUT2D eigenvalue weighted by Crippen LogP contribution is 2.10. The minimum Gasteiger partial charge on any atom is -0.375 e. The van der Waals surface area contributed by atoms with Crippen LogP contribution in [0.3, 0.4) is 0 Å². The van der Waals surface area contributed by atoms with Crippen molar-refractivity contribution in [3.63, 3.8) is 0 Å². The van der Waals surface area contributed by atoms with Gasteiger partial charge in [0.1, 0.15) is 0 Å². The summed E-state index contributed by atoms with van der Waals surface area (Å²) in [5.41, 5.74) is 1.29. The topological polar surface area (TPSA) is 15.3 Å². The summed E-state index contributed by atoms with van der Waals surface area (Å²) in [5.74, 6) is 0. The van der Waals surface area contributed by atoms with Crippen molar-refractivity contribution in [1.29, 1.82) is 0 Å². The van der Waals surface area contributed by atoms with Crippen LogP contribution in [0.1, 0.15) is 13.3 Å². The molecule has 1 N–H and O–H groups in total. The zero-order chi connectivity index (χ0) is 11.6. The van der Waals surface area contributed by atoms with Crippen molar-refractivity contribution >= 4 is 5.69 Å². The Morgan fingerprint density at radius 3 is 2.69 bits per heavy atom. The Bertz CT molecular complexity index is 293. The van der Waals surface area contributed by atoms with Gasteiger partial charge in [0.15, 0.2) is 0 Å². The van der Waals surface area contributed by atoms with Crippen molar-refractivity contribution in [2.24, 2.45) is 0 Å². The molecule has 0 aliphatic heterocycles. The fourth-order valence-electron chi connectivity index (χ4n) is 1.56. The molecule has 0 aliphatic rings. The third-order valence-corrected chi connectivity index (χ3v) is 2.54. The van der Waals surface area contributed by atoms with Gasteiger partial charge in [-0.15, -0.1) is 0 Å². The van der Waals surface area contributed by atoms with E-state index in [0.29, 0.717) is 0 Å². The first-order chi connectivity index (χ1) is 7.84. The van der Waals surface area contributed by atoms with Crippen LogP contribution in [-0.2, 0) is 0 Å². The largest absolute Gasteiger partial charge is 0.375 e. The number of benzene rings is 1. The zero-order valence-corrected chi connectivity index (χ0v) is 10.3. The maximum absolute atomic E-state index is 3.38. The molecule has 0 saturated carbocycles. The van der Waals surface area contributed by atoms with E-state index in [2.05, 4.69) is 59.7 Å². The van der Waals surface area contributed by atoms with Crippen molar-refractivity contribution in [2.45, 2.75) is 13.3 Å². The summed E-state index contributed by atoms with van der Waals surface area (Å²) in [4.78, 5) is 2.29. The van der Waals surface area contributed by atoms with E-state index < -0.39 is 0 Å². The molecule has 0 amide bonds. The predicted molar refractivity (Wildman–Crippen MR) is 72.0 cm³/mol. The van der Waals surface area contributed by atoms with Crippen LogP contribution in [0.4, 0.5) is 5.69 Å². The Morgan fingerprint density at radius 1 is 1.25 bits per heavy atom. The third kappa shape index (κ3) is 4.99. The fraction of sp³-hybridized carbons (Fsp3) is 0.429. The molecule has 0 spiro atoms. The van der Waals surface area contributed by atoms with Crippen molar-refractivity contribution in [3.8, 4) is 0 Å². The van der Waals surface area contributed by atoms with E-state index in [1.807, 2.05) is 6.92 Å². The fourth-order valence-corrected chi connectivity index (χ4v) is 1.56. The molecular weight excluding hydrogens is 196 g/mol. The Morgan fingerprint density at radius 2 is 2.00 bits per heavy atom. The van der Waals surface area contributed by atoms with Crippen LogP contribution in [0.25, 0.3) is 0 Å². The zero-order valence-electron chi connectivity index (χ0n) is 10.3. The third-order valence-electron chi connectivity index (χ3n) is 2.54. The lowest BCUT2D eigenvalue weighted by atomic mass is 10.3. The van der Waals surface area contributed by atoms with Gasteiger partial charge in [-0.1, -0.05) is 30.4 Å². The lowest BCUT2D eigenvalue weighted by molar-refractivity contribution is 0.685. The van der Waals surface area contributed by atoms with E-state index in [-0.39, 0.29) is 0 Å². The molecule has 2 nitrogen and oxygen atoms in total. The maximum atomic E-state index is 3.38. The molecule has 0 unspecified atom stereocenters. The second-order valence-corrected chi connectivity index (χ2v) is 3.88. The molecular formula is C14H22N2. The molecule has 0 bridgehead atoms. The van der Waals surface area contributed by atoms with Crippen LogP contribution in [0.2, 0.25) is 0 Å². The molecule has 1 rings (SSSR count). The first-order valence-electron chi connectivity index (χ1n) is 5.92. The molecule has 16 heavy (non-hydrogen) atoms. The van der Waals surface area contributed by atoms with Crippen LogP contribution in [0.15, 0.2) is 42.5 Å². The number of nitrogens with one attached hydrogen (secondary N) is 1. The Hall–Kier alpha value is -1.28. The van der Waals surface area contributed by atoms with Crippen LogP contribution in [0.5, 0.6) is 0 Å². The van der Waals surface area contributed by atoms with E-state index in [0.717, 1.165) is 19.6 Å². The molecule has 0 heterocycles. The molecule has 1 aromatic rings. The summed E-state index contributed by atoms with van der Waals surface area (Å²) in [5, 5.41) is 3.38. The Labute approximate surface area is 99.0 Å². The van der Waals surface area contributed by atoms with Gasteiger partial charge in [0.05, 0.1) is 0 Å². The summed E-state index contributed by atoms with van der Waals surface area (Å²) >= 11 is 0. The molecule has 0 radical (unpaired) electrons. The standard InChI is InChI=1S/C14H22N2/c1-3-4-11-15-12-8-13-16(2)14-9-6-5-7-10-14/h3-7,9-10,15H,8,11-13H2,1-2H3/b4-3+. The van der Waals surface area contributed by atoms with Crippen LogP contribution in [-0.4, -0.2) is 26.7 Å². The summed E-state index contributed by atoms with van der Waals surface area (Å²) in [7, 11) is 2.14. The van der Waals surface area contributed by atoms with Gasteiger partial charge in [-0.05, 0) is 32.0 Å². The van der Waals surface area contributed by atoms with Crippen LogP contribution >= 0.6 is 0 Å². The molecule has 0 atom stereocenters. The second-order valence-electron chi connectivity index (χ2n) is 3.88. The summed E-state index contributed by atoms with van der Waals surface area (Å²) < 4.78 is 0. The number of nitrogens with zero attached hydrogens (tertiary/aromatic N) is 1. The lowest BCUT2D eigenvalue weighted by Gasteiger charge is -2.19. The van der Waals surface area contributed by atoms with Crippen LogP contribution in [0, 0.1) is 0 Å². The predicted octanol–water partition coefficient (Wildman–Crippen LogP) is 2.68. The van der Waals surface area contributed by atoms with Crippen molar-refractivity contribution in [3.05, 3.63) is 42.5 Å². The van der Waals surface area contributed by atoms with E-state index in [4.69, 9.17) is 0 Å². The average Bonchev–Trinajstić information content (AvgIpc) is 2.34. The molecule has 0 saturated heterocycles. The number of allylic oxidation sites excluding steroid dienone is 1. The lowest BCUT2D eigenvalue weighted by Crippen LogP contribution is -2.23. The second kappa shape index (κ2) is 7.94. The van der Waals surface area contributed by atoms with Crippen LogP contribution < -0.4 is 10.2 Å². The van der Waals surface area contributed by atoms with Gasteiger partial charge in [0, 0.05) is 25.8 Å². The highest BCUT2D eigenvalue weighted by atomic mass is 15.1. The Balaban J connectivity index is 2.13. The van der Waals surface area contributed by atoms with Gasteiger partial charge >= 0.3 is 0 Å². The van der Waals surface area contributed by atoms with Crippen molar-refractivity contribution in [2.75, 3.05) is 31.6 Å². The van der Waals surface area contributed by atoms with E-state index in [1.54, 1.807) is 0 Å². The highest BCUT2D eigenvalue weighted by molar-refractivity contribution is 5.44. The van der Waals surface area contributed by atoms with E-state index in [1.165, 1.54) is 12.1 Å². The smallest absolute Gasteiger partial charge is 0.0363 e. The van der Waals surface area contributed by atoms with Crippen molar-refractivity contribution in [1.82, 2.24) is 5.32 Å². The SMILES string of the molecule is C/C=C/CNCCCN(C)c1ccccc1. The number of rotatable bonds is 7. The molecule has 88 valence electrons. The average molecular weight is 218 g/mol. The number of hydrogen-bond acceptors (Lipinski definition) is 2. The van der Waals surface area contributed by atoms with E-state index >= 15 is 0 Å². The minimum absolute atomic E-state index is 0.978. The molecule has 0 fully saturated rings. The summed E-state index contributed by atoms with van der Waals surface area (Å²) in [6.07, 6.45) is 5.38. The molecule has 1 aromatic carbocycles. The monoisotopic (exact) mass is 218 g/mol. The Kier molecular flexibility index (Phi) is 6.35. The summed E-state index contributed by atoms with van der Waals surface area (Å²) in [6.45, 7) is 5.19. The quantitative estimate of drug-likeness (QED) is 0.559. The molecule has 0 aromatic heterocycles. The highest BCUT2D eigenvalue weighted by Gasteiger charge is 1.97. The van der Waals surface area contributed by atoms with Gasteiger partial charge in [-0.25, -0.2) is 0 Å². The molecule has 2 heteroatoms. The van der Waals surface area contributed by atoms with Gasteiger partial charge < -0.3 is 10.2 Å². The molecule has 0 aliphatic carbocycles. The first kappa shape index (κ1) is 12.8. The van der Waals surface area contributed by atoms with Gasteiger partial charge in [-0.3, -0.25) is 0 Å². The summed E-state index contributed by atoms with van der Waals surface area (Å²) in [6, 6.07) is 10.5. The maximum Gasteiger partial charge on any atom is 0.0363 e. The van der Waals surface area contributed by atoms with Gasteiger partial charge in [0.2, 0.25) is 0 Å². The van der Waals surface area contributed by atoms with Gasteiger partial charge in [0.25, 0.3) is 0 Å². The first-order valence-corrected chi connectivity index (χ1v) is 5.92. The van der Waals surface area contributed by atoms with Crippen molar-refractivity contribution < 1.29 is 0 Å².